The fourth-order valence-corrected chi connectivity index (χ4v) is 4.46. The van der Waals surface area contributed by atoms with E-state index in [1.807, 2.05) is 6.92 Å². The zero-order valence-corrected chi connectivity index (χ0v) is 17.5. The quantitative estimate of drug-likeness (QED) is 0.563. The first-order valence-corrected chi connectivity index (χ1v) is 9.59. The predicted molar refractivity (Wildman–Crippen MR) is 105 cm³/mol. The van der Waals surface area contributed by atoms with Gasteiger partial charge in [-0.15, -0.1) is 0 Å². The molecule has 0 saturated carbocycles. The largest absolute Gasteiger partial charge is 0.478 e. The number of allylic oxidation sites excluding steroid dienone is 4. The van der Waals surface area contributed by atoms with E-state index in [1.54, 1.807) is 12.1 Å². The Morgan fingerprint density at radius 3 is 2.32 bits per heavy atom. The van der Waals surface area contributed by atoms with Gasteiger partial charge in [-0.3, -0.25) is 9.59 Å². The van der Waals surface area contributed by atoms with E-state index in [4.69, 9.17) is 0 Å². The highest BCUT2D eigenvalue weighted by Crippen LogP contribution is 2.42. The molecule has 0 saturated heterocycles. The van der Waals surface area contributed by atoms with Crippen LogP contribution in [-0.4, -0.2) is 27.6 Å². The van der Waals surface area contributed by atoms with Gasteiger partial charge in [0.15, 0.2) is 0 Å². The van der Waals surface area contributed by atoms with Crippen LogP contribution in [0.5, 0.6) is 0 Å². The number of rotatable bonds is 3. The molecule has 3 rings (SSSR count). The monoisotopic (exact) mass is 529 g/mol. The minimum Gasteiger partial charge on any atom is -0.478 e. The lowest BCUT2D eigenvalue weighted by Gasteiger charge is -2.17. The van der Waals surface area contributed by atoms with Crippen LogP contribution in [-0.2, 0) is 16.0 Å². The first-order chi connectivity index (χ1) is 11.8. The zero-order valence-electron chi connectivity index (χ0n) is 12.7. The molecule has 1 aliphatic rings. The Kier molecular flexibility index (Phi) is 4.87. The minimum absolute atomic E-state index is 0.0706. The number of nitrogens with one attached hydrogen (secondary N) is 1. The number of carboxylic acid groups (broad SMARTS) is 1. The number of aromatic amines is 1. The number of aromatic carboxylic acids is 1. The number of carbonyl (C=O) groups is 3. The summed E-state index contributed by atoms with van der Waals surface area (Å²) >= 11 is 9.49. The topological polar surface area (TPSA) is 87.2 Å². The molecule has 0 bridgehead atoms. The number of aromatic nitrogens is 1. The Labute approximate surface area is 167 Å². The van der Waals surface area contributed by atoms with Gasteiger partial charge in [-0.05, 0) is 66.3 Å². The SMILES string of the molecule is CCc1[nH]c2cccc(C(=O)O)c2c1C1=C(Br)C(=O)C(Br)=C(Br)C1=O. The lowest BCUT2D eigenvalue weighted by Crippen LogP contribution is -2.17. The number of ketones is 2. The van der Waals surface area contributed by atoms with Crippen molar-refractivity contribution in [2.24, 2.45) is 0 Å². The lowest BCUT2D eigenvalue weighted by molar-refractivity contribution is -0.113. The number of halogens is 3. The highest BCUT2D eigenvalue weighted by molar-refractivity contribution is 9.15. The van der Waals surface area contributed by atoms with E-state index in [1.165, 1.54) is 6.07 Å². The van der Waals surface area contributed by atoms with Gasteiger partial charge in [0.2, 0.25) is 11.6 Å². The van der Waals surface area contributed by atoms with E-state index < -0.39 is 11.8 Å². The second-order valence-corrected chi connectivity index (χ2v) is 7.72. The molecule has 1 aromatic heterocycles. The molecule has 0 unspecified atom stereocenters. The minimum atomic E-state index is -1.10. The highest BCUT2D eigenvalue weighted by atomic mass is 79.9. The van der Waals surface area contributed by atoms with Crippen molar-refractivity contribution in [2.45, 2.75) is 13.3 Å². The van der Waals surface area contributed by atoms with Crippen molar-refractivity contribution in [3.63, 3.8) is 0 Å². The summed E-state index contributed by atoms with van der Waals surface area (Å²) in [5.74, 6) is -1.88. The van der Waals surface area contributed by atoms with Gasteiger partial charge in [-0.1, -0.05) is 13.0 Å². The molecular weight excluding hydrogens is 522 g/mol. The summed E-state index contributed by atoms with van der Waals surface area (Å²) < 4.78 is 0.341. The van der Waals surface area contributed by atoms with Crippen LogP contribution < -0.4 is 0 Å². The van der Waals surface area contributed by atoms with E-state index in [0.717, 1.165) is 0 Å². The maximum absolute atomic E-state index is 12.8. The molecule has 25 heavy (non-hydrogen) atoms. The summed E-state index contributed by atoms with van der Waals surface area (Å²) in [6, 6.07) is 4.86. The summed E-state index contributed by atoms with van der Waals surface area (Å²) in [6.45, 7) is 1.89. The lowest BCUT2D eigenvalue weighted by atomic mass is 9.91. The average Bonchev–Trinajstić information content (AvgIpc) is 2.97. The summed E-state index contributed by atoms with van der Waals surface area (Å²) in [6.07, 6.45) is 0.539. The molecule has 128 valence electrons. The number of benzene rings is 1. The van der Waals surface area contributed by atoms with Crippen LogP contribution in [0.1, 0.15) is 28.5 Å². The van der Waals surface area contributed by atoms with E-state index in [0.29, 0.717) is 28.6 Å². The summed E-state index contributed by atoms with van der Waals surface area (Å²) in [7, 11) is 0. The average molecular weight is 532 g/mol. The van der Waals surface area contributed by atoms with Crippen LogP contribution in [0.2, 0.25) is 0 Å². The number of Topliss-reactive ketones (excluding diaryl/α,β-unsaturated/α-hetero) is 2. The molecule has 0 fully saturated rings. The van der Waals surface area contributed by atoms with Crippen LogP contribution in [0.4, 0.5) is 0 Å². The second-order valence-electron chi connectivity index (χ2n) is 5.34. The molecule has 0 amide bonds. The zero-order chi connectivity index (χ0) is 18.5. The molecule has 0 aliphatic heterocycles. The molecule has 2 N–H and O–H groups in total. The first-order valence-electron chi connectivity index (χ1n) is 7.21. The molecule has 1 aliphatic carbocycles. The van der Waals surface area contributed by atoms with E-state index in [2.05, 4.69) is 52.8 Å². The molecule has 1 aromatic carbocycles. The van der Waals surface area contributed by atoms with Crippen molar-refractivity contribution >= 4 is 81.8 Å². The van der Waals surface area contributed by atoms with Crippen LogP contribution in [0.15, 0.2) is 31.6 Å². The third kappa shape index (κ3) is 2.76. The van der Waals surface area contributed by atoms with Gasteiger partial charge in [0.25, 0.3) is 0 Å². The van der Waals surface area contributed by atoms with Crippen molar-refractivity contribution in [3.05, 3.63) is 48.5 Å². The normalized spacial score (nSPS) is 15.5. The Morgan fingerprint density at radius 1 is 1.08 bits per heavy atom. The van der Waals surface area contributed by atoms with E-state index in [-0.39, 0.29) is 30.4 Å². The van der Waals surface area contributed by atoms with Crippen LogP contribution in [0.3, 0.4) is 0 Å². The third-order valence-corrected chi connectivity index (χ3v) is 6.77. The van der Waals surface area contributed by atoms with Gasteiger partial charge < -0.3 is 10.1 Å². The van der Waals surface area contributed by atoms with Gasteiger partial charge in [0.05, 0.1) is 24.6 Å². The molecule has 1 heterocycles. The fourth-order valence-electron chi connectivity index (χ4n) is 2.86. The second kappa shape index (κ2) is 6.66. The van der Waals surface area contributed by atoms with Crippen molar-refractivity contribution in [2.75, 3.05) is 0 Å². The predicted octanol–water partition coefficient (Wildman–Crippen LogP) is 4.69. The van der Waals surface area contributed by atoms with E-state index >= 15 is 0 Å². The number of aryl methyl sites for hydroxylation is 1. The summed E-state index contributed by atoms with van der Waals surface area (Å²) in [5, 5.41) is 9.96. The van der Waals surface area contributed by atoms with Crippen molar-refractivity contribution in [1.29, 1.82) is 0 Å². The van der Waals surface area contributed by atoms with Gasteiger partial charge in [0.1, 0.15) is 0 Å². The Balaban J connectivity index is 2.45. The molecular formula is C17H10Br3NO4. The summed E-state index contributed by atoms with van der Waals surface area (Å²) in [4.78, 5) is 40.1. The van der Waals surface area contributed by atoms with Gasteiger partial charge in [-0.25, -0.2) is 4.79 Å². The number of hydrogen-bond donors (Lipinski definition) is 2. The first kappa shape index (κ1) is 18.3. The standard InChI is InChI=1S/C17H10Br3NO4/c1-2-7-10(9-6(17(24)25)4-3-5-8(9)21-7)11-12(18)16(23)14(20)13(19)15(11)22/h3-5,21H,2H2,1H3,(H,24,25). The molecule has 0 atom stereocenters. The Bertz CT molecular complexity index is 1030. The van der Waals surface area contributed by atoms with Crippen molar-refractivity contribution in [1.82, 2.24) is 4.98 Å². The number of carboxylic acids is 1. The number of carbonyl (C=O) groups excluding carboxylic acids is 2. The number of hydrogen-bond acceptors (Lipinski definition) is 3. The molecule has 5 nitrogen and oxygen atoms in total. The van der Waals surface area contributed by atoms with Gasteiger partial charge >= 0.3 is 5.97 Å². The maximum atomic E-state index is 12.8. The van der Waals surface area contributed by atoms with Gasteiger partial charge in [0, 0.05) is 22.2 Å². The molecule has 0 spiro atoms. The smallest absolute Gasteiger partial charge is 0.336 e. The van der Waals surface area contributed by atoms with Gasteiger partial charge in [-0.2, -0.15) is 0 Å². The molecule has 0 radical (unpaired) electrons. The number of fused-ring (bicyclic) bond motifs is 1. The van der Waals surface area contributed by atoms with Crippen molar-refractivity contribution in [3.8, 4) is 0 Å². The highest BCUT2D eigenvalue weighted by Gasteiger charge is 2.35. The molecule has 2 aromatic rings. The maximum Gasteiger partial charge on any atom is 0.336 e. The van der Waals surface area contributed by atoms with Crippen LogP contribution in [0, 0.1) is 0 Å². The van der Waals surface area contributed by atoms with Crippen molar-refractivity contribution < 1.29 is 19.5 Å². The Hall–Kier alpha value is -1.51. The Morgan fingerprint density at radius 2 is 1.72 bits per heavy atom. The van der Waals surface area contributed by atoms with Crippen LogP contribution >= 0.6 is 47.8 Å². The van der Waals surface area contributed by atoms with E-state index in [9.17, 15) is 19.5 Å². The third-order valence-electron chi connectivity index (χ3n) is 3.97. The summed E-state index contributed by atoms with van der Waals surface area (Å²) in [5.41, 5.74) is 1.95. The molecule has 8 heteroatoms. The fraction of sp³-hybridized carbons (Fsp3) is 0.118. The van der Waals surface area contributed by atoms with Crippen LogP contribution in [0.25, 0.3) is 16.5 Å². The number of H-pyrrole nitrogens is 1.